The average molecular weight is 355 g/mol. The molecule has 0 aliphatic heterocycles. The summed E-state index contributed by atoms with van der Waals surface area (Å²) in [6.07, 6.45) is 2.15. The summed E-state index contributed by atoms with van der Waals surface area (Å²) >= 11 is 0. The van der Waals surface area contributed by atoms with Gasteiger partial charge < -0.3 is 15.2 Å². The Kier molecular flexibility index (Phi) is 5.63. The summed E-state index contributed by atoms with van der Waals surface area (Å²) in [7, 11) is 1.42. The number of aryl methyl sites for hydroxylation is 1. The molecule has 1 unspecified atom stereocenters. The molecule has 2 aromatic carbocycles. The number of benzene rings is 2. The predicted molar refractivity (Wildman–Crippen MR) is 100.0 cm³/mol. The van der Waals surface area contributed by atoms with Gasteiger partial charge in [-0.15, -0.1) is 0 Å². The first-order valence-corrected chi connectivity index (χ1v) is 8.49. The van der Waals surface area contributed by atoms with E-state index < -0.39 is 5.82 Å². The lowest BCUT2D eigenvalue weighted by Crippen LogP contribution is -2.21. The van der Waals surface area contributed by atoms with Crippen molar-refractivity contribution in [2.45, 2.75) is 13.3 Å². The Morgan fingerprint density at radius 2 is 1.96 bits per heavy atom. The molecule has 0 bridgehead atoms. The number of hydrogen-bond donors (Lipinski definition) is 2. The monoisotopic (exact) mass is 355 g/mol. The highest BCUT2D eigenvalue weighted by atomic mass is 19.1. The van der Waals surface area contributed by atoms with Crippen LogP contribution in [0.3, 0.4) is 0 Å². The van der Waals surface area contributed by atoms with Crippen molar-refractivity contribution in [3.05, 3.63) is 59.7 Å². The second-order valence-electron chi connectivity index (χ2n) is 6.35. The molecule has 1 atom stereocenters. The molecule has 0 aliphatic rings. The van der Waals surface area contributed by atoms with E-state index in [0.29, 0.717) is 23.3 Å². The van der Waals surface area contributed by atoms with Crippen molar-refractivity contribution in [3.63, 3.8) is 0 Å². The fourth-order valence-electron chi connectivity index (χ4n) is 2.85. The van der Waals surface area contributed by atoms with Crippen LogP contribution in [0.15, 0.2) is 42.7 Å². The minimum atomic E-state index is -0.461. The van der Waals surface area contributed by atoms with Crippen molar-refractivity contribution in [3.8, 4) is 5.75 Å². The zero-order valence-corrected chi connectivity index (χ0v) is 14.9. The van der Waals surface area contributed by atoms with E-state index in [4.69, 9.17) is 4.74 Å². The number of rotatable bonds is 7. The van der Waals surface area contributed by atoms with Crippen molar-refractivity contribution in [1.29, 1.82) is 0 Å². The van der Waals surface area contributed by atoms with Gasteiger partial charge in [0.05, 0.1) is 12.6 Å². The molecule has 136 valence electrons. The van der Waals surface area contributed by atoms with Crippen molar-refractivity contribution >= 4 is 16.7 Å². The van der Waals surface area contributed by atoms with Crippen LogP contribution in [0.1, 0.15) is 11.1 Å². The summed E-state index contributed by atoms with van der Waals surface area (Å²) in [5.74, 6) is 0.312. The Morgan fingerprint density at radius 3 is 2.65 bits per heavy atom. The first-order valence-electron chi connectivity index (χ1n) is 8.49. The lowest BCUT2D eigenvalue weighted by molar-refractivity contribution is 0.232. The Labute approximate surface area is 151 Å². The standard InChI is InChI=1S/C20H22FN3O2/c1-13-3-5-14(6-4-13)7-15(11-25)10-22-20-16-8-19(26-2)17(21)9-18(16)23-12-24-20/h3-6,8-9,12,15,25H,7,10-11H2,1-2H3,(H,22,23,24). The molecule has 0 saturated heterocycles. The second kappa shape index (κ2) is 8.10. The van der Waals surface area contributed by atoms with Crippen LogP contribution in [0.4, 0.5) is 10.2 Å². The molecule has 5 nitrogen and oxygen atoms in total. The summed E-state index contributed by atoms with van der Waals surface area (Å²) in [4.78, 5) is 8.36. The Morgan fingerprint density at radius 1 is 1.19 bits per heavy atom. The molecule has 1 aromatic heterocycles. The molecular weight excluding hydrogens is 333 g/mol. The van der Waals surface area contributed by atoms with Gasteiger partial charge in [0.15, 0.2) is 11.6 Å². The number of methoxy groups -OCH3 is 1. The lowest BCUT2D eigenvalue weighted by atomic mass is 9.99. The van der Waals surface area contributed by atoms with E-state index >= 15 is 0 Å². The zero-order valence-electron chi connectivity index (χ0n) is 14.9. The van der Waals surface area contributed by atoms with Gasteiger partial charge in [-0.2, -0.15) is 0 Å². The third-order valence-electron chi connectivity index (χ3n) is 4.37. The molecule has 2 N–H and O–H groups in total. The van der Waals surface area contributed by atoms with Gasteiger partial charge in [0.2, 0.25) is 0 Å². The summed E-state index contributed by atoms with van der Waals surface area (Å²) < 4.78 is 18.9. The van der Waals surface area contributed by atoms with Gasteiger partial charge in [0.25, 0.3) is 0 Å². The van der Waals surface area contributed by atoms with Gasteiger partial charge in [-0.3, -0.25) is 0 Å². The highest BCUT2D eigenvalue weighted by Crippen LogP contribution is 2.27. The Balaban J connectivity index is 1.76. The summed E-state index contributed by atoms with van der Waals surface area (Å²) in [5.41, 5.74) is 2.88. The van der Waals surface area contributed by atoms with E-state index in [1.165, 1.54) is 30.6 Å². The third-order valence-corrected chi connectivity index (χ3v) is 4.37. The molecule has 0 saturated carbocycles. The predicted octanol–water partition coefficient (Wildman–Crippen LogP) is 3.35. The Hall–Kier alpha value is -2.73. The number of anilines is 1. The largest absolute Gasteiger partial charge is 0.494 e. The maximum atomic E-state index is 13.9. The number of nitrogens with zero attached hydrogens (tertiary/aromatic N) is 2. The number of fused-ring (bicyclic) bond motifs is 1. The van der Waals surface area contributed by atoms with Crippen molar-refractivity contribution < 1.29 is 14.2 Å². The molecule has 26 heavy (non-hydrogen) atoms. The number of aliphatic hydroxyl groups is 1. The number of nitrogens with one attached hydrogen (secondary N) is 1. The van der Waals surface area contributed by atoms with Gasteiger partial charge in [-0.1, -0.05) is 29.8 Å². The number of aromatic nitrogens is 2. The quantitative estimate of drug-likeness (QED) is 0.680. The zero-order chi connectivity index (χ0) is 18.5. The SMILES string of the molecule is COc1cc2c(NCC(CO)Cc3ccc(C)cc3)ncnc2cc1F. The minimum absolute atomic E-state index is 0.0325. The summed E-state index contributed by atoms with van der Waals surface area (Å²) in [6.45, 7) is 2.64. The first kappa shape index (κ1) is 18.1. The number of aliphatic hydroxyl groups excluding tert-OH is 1. The average Bonchev–Trinajstić information content (AvgIpc) is 2.66. The third kappa shape index (κ3) is 4.08. The smallest absolute Gasteiger partial charge is 0.167 e. The molecule has 0 spiro atoms. The fraction of sp³-hybridized carbons (Fsp3) is 0.300. The van der Waals surface area contributed by atoms with Gasteiger partial charge in [-0.05, 0) is 25.0 Å². The first-order chi connectivity index (χ1) is 12.6. The number of ether oxygens (including phenoxy) is 1. The maximum Gasteiger partial charge on any atom is 0.167 e. The highest BCUT2D eigenvalue weighted by molar-refractivity contribution is 5.90. The molecule has 0 amide bonds. The van der Waals surface area contributed by atoms with Gasteiger partial charge in [0.1, 0.15) is 12.1 Å². The van der Waals surface area contributed by atoms with E-state index in [1.807, 2.05) is 6.92 Å². The van der Waals surface area contributed by atoms with E-state index in [-0.39, 0.29) is 18.3 Å². The summed E-state index contributed by atoms with van der Waals surface area (Å²) in [6, 6.07) is 11.2. The molecular formula is C20H22FN3O2. The lowest BCUT2D eigenvalue weighted by Gasteiger charge is -2.17. The molecule has 3 aromatic rings. The molecule has 6 heteroatoms. The van der Waals surface area contributed by atoms with E-state index in [0.717, 1.165) is 6.42 Å². The van der Waals surface area contributed by atoms with Crippen LogP contribution >= 0.6 is 0 Å². The topological polar surface area (TPSA) is 67.3 Å². The van der Waals surface area contributed by atoms with Gasteiger partial charge in [-0.25, -0.2) is 14.4 Å². The fourth-order valence-corrected chi connectivity index (χ4v) is 2.85. The van der Waals surface area contributed by atoms with E-state index in [9.17, 15) is 9.50 Å². The van der Waals surface area contributed by atoms with Crippen LogP contribution < -0.4 is 10.1 Å². The van der Waals surface area contributed by atoms with Gasteiger partial charge in [0, 0.05) is 30.5 Å². The second-order valence-corrected chi connectivity index (χ2v) is 6.35. The van der Waals surface area contributed by atoms with Crippen molar-refractivity contribution in [2.24, 2.45) is 5.92 Å². The molecule has 3 rings (SSSR count). The van der Waals surface area contributed by atoms with Gasteiger partial charge >= 0.3 is 0 Å². The van der Waals surface area contributed by atoms with Crippen molar-refractivity contribution in [2.75, 3.05) is 25.6 Å². The number of hydrogen-bond acceptors (Lipinski definition) is 5. The van der Waals surface area contributed by atoms with Crippen LogP contribution in [-0.4, -0.2) is 35.3 Å². The van der Waals surface area contributed by atoms with Crippen LogP contribution in [0.5, 0.6) is 5.75 Å². The summed E-state index contributed by atoms with van der Waals surface area (Å²) in [5, 5.41) is 13.6. The normalized spacial score (nSPS) is 12.2. The van der Waals surface area contributed by atoms with Crippen molar-refractivity contribution in [1.82, 2.24) is 9.97 Å². The maximum absolute atomic E-state index is 13.9. The minimum Gasteiger partial charge on any atom is -0.494 e. The van der Waals surface area contributed by atoms with Crippen LogP contribution in [-0.2, 0) is 6.42 Å². The highest BCUT2D eigenvalue weighted by Gasteiger charge is 2.13. The van der Waals surface area contributed by atoms with E-state index in [1.54, 1.807) is 6.07 Å². The van der Waals surface area contributed by atoms with E-state index in [2.05, 4.69) is 39.6 Å². The molecule has 0 radical (unpaired) electrons. The Bertz CT molecular complexity index is 884. The van der Waals surface area contributed by atoms with Crippen LogP contribution in [0, 0.1) is 18.7 Å². The molecule has 0 aliphatic carbocycles. The van der Waals surface area contributed by atoms with Crippen LogP contribution in [0.2, 0.25) is 0 Å². The molecule has 1 heterocycles. The number of halogens is 1. The molecule has 0 fully saturated rings. The van der Waals surface area contributed by atoms with Crippen LogP contribution in [0.25, 0.3) is 10.9 Å².